The predicted molar refractivity (Wildman–Crippen MR) is 67.6 cm³/mol. The smallest absolute Gasteiger partial charge is 0.166 e. The Kier molecular flexibility index (Phi) is 4.20. The highest BCUT2D eigenvalue weighted by Gasteiger charge is 2.33. The molecule has 0 aliphatic rings. The minimum atomic E-state index is -4.27. The number of aryl methyl sites for hydroxylation is 2. The van der Waals surface area contributed by atoms with Crippen molar-refractivity contribution in [2.75, 3.05) is 0 Å². The van der Waals surface area contributed by atoms with Gasteiger partial charge in [0.15, 0.2) is 0 Å². The zero-order valence-corrected chi connectivity index (χ0v) is 11.1. The number of benzene rings is 1. The van der Waals surface area contributed by atoms with Gasteiger partial charge in [-0.1, -0.05) is 19.9 Å². The van der Waals surface area contributed by atoms with E-state index < -0.39 is 11.7 Å². The van der Waals surface area contributed by atoms with Crippen molar-refractivity contribution < 1.29 is 13.2 Å². The first-order valence-corrected chi connectivity index (χ1v) is 6.33. The van der Waals surface area contributed by atoms with E-state index in [0.717, 1.165) is 4.88 Å². The molecule has 0 N–H and O–H groups in total. The van der Waals surface area contributed by atoms with Crippen LogP contribution in [0.15, 0.2) is 17.5 Å². The van der Waals surface area contributed by atoms with Crippen molar-refractivity contribution >= 4 is 22.1 Å². The molecule has 2 rings (SSSR count). The lowest BCUT2D eigenvalue weighted by molar-refractivity contribution is -0.136. The summed E-state index contributed by atoms with van der Waals surface area (Å²) in [5, 5.41) is 2.61. The number of alkyl halides is 3. The van der Waals surface area contributed by atoms with Crippen LogP contribution in [0.5, 0.6) is 0 Å². The summed E-state index contributed by atoms with van der Waals surface area (Å²) in [4.78, 5) is 0.930. The largest absolute Gasteiger partial charge is 0.417 e. The number of hydrogen-bond donors (Lipinski definition) is 0. The molecule has 0 radical (unpaired) electrons. The van der Waals surface area contributed by atoms with Gasteiger partial charge in [-0.05, 0) is 36.2 Å². The van der Waals surface area contributed by atoms with Crippen molar-refractivity contribution in [1.82, 2.24) is 0 Å². The van der Waals surface area contributed by atoms with E-state index in [-0.39, 0.29) is 0 Å². The van der Waals surface area contributed by atoms with Crippen LogP contribution >= 0.6 is 11.3 Å². The molecule has 4 heteroatoms. The van der Waals surface area contributed by atoms with Gasteiger partial charge in [0.05, 0.1) is 5.56 Å². The topological polar surface area (TPSA) is 0 Å². The maximum atomic E-state index is 12.7. The second-order valence-electron chi connectivity index (χ2n) is 3.56. The van der Waals surface area contributed by atoms with Crippen molar-refractivity contribution in [1.29, 1.82) is 0 Å². The molecule has 0 unspecified atom stereocenters. The summed E-state index contributed by atoms with van der Waals surface area (Å²) in [5.41, 5.74) is 0.123. The summed E-state index contributed by atoms with van der Waals surface area (Å²) in [5.74, 6) is 0. The molecule has 0 saturated heterocycles. The van der Waals surface area contributed by atoms with Crippen LogP contribution in [0.1, 0.15) is 29.9 Å². The molecule has 0 atom stereocenters. The number of thiophene rings is 1. The Hall–Kier alpha value is -1.03. The minimum Gasteiger partial charge on any atom is -0.166 e. The zero-order valence-electron chi connectivity index (χ0n) is 10.3. The summed E-state index contributed by atoms with van der Waals surface area (Å²) in [7, 11) is 0. The molecule has 0 nitrogen and oxygen atoms in total. The fourth-order valence-corrected chi connectivity index (χ4v) is 2.51. The highest BCUT2D eigenvalue weighted by atomic mass is 32.1. The minimum absolute atomic E-state index is 0.315. The van der Waals surface area contributed by atoms with E-state index in [0.29, 0.717) is 16.3 Å². The first kappa shape index (κ1) is 14.0. The normalized spacial score (nSPS) is 11.2. The van der Waals surface area contributed by atoms with Gasteiger partial charge >= 0.3 is 6.18 Å². The van der Waals surface area contributed by atoms with Gasteiger partial charge in [-0.25, -0.2) is 0 Å². The summed E-state index contributed by atoms with van der Waals surface area (Å²) >= 11 is 1.36. The molecule has 94 valence electrons. The van der Waals surface area contributed by atoms with Gasteiger partial charge in [-0.15, -0.1) is 11.3 Å². The second kappa shape index (κ2) is 5.08. The van der Waals surface area contributed by atoms with E-state index in [2.05, 4.69) is 0 Å². The van der Waals surface area contributed by atoms with Crippen molar-refractivity contribution in [2.45, 2.75) is 33.9 Å². The quantitative estimate of drug-likeness (QED) is 0.581. The van der Waals surface area contributed by atoms with Crippen molar-refractivity contribution in [3.8, 4) is 0 Å². The summed E-state index contributed by atoms with van der Waals surface area (Å²) in [6.07, 6.45) is -4.27. The van der Waals surface area contributed by atoms with E-state index in [4.69, 9.17) is 0 Å². The molecular weight excluding hydrogens is 245 g/mol. The van der Waals surface area contributed by atoms with Gasteiger partial charge < -0.3 is 0 Å². The molecular formula is C13H15F3S. The van der Waals surface area contributed by atoms with Crippen molar-refractivity contribution in [3.63, 3.8) is 0 Å². The molecule has 1 aromatic carbocycles. The van der Waals surface area contributed by atoms with Crippen LogP contribution in [0, 0.1) is 13.8 Å². The number of halogens is 3. The molecule has 0 aliphatic heterocycles. The Bertz CT molecular complexity index is 509. The number of rotatable bonds is 0. The van der Waals surface area contributed by atoms with Crippen molar-refractivity contribution in [3.05, 3.63) is 33.5 Å². The summed E-state index contributed by atoms with van der Waals surface area (Å²) in [6.45, 7) is 7.53. The fourth-order valence-electron chi connectivity index (χ4n) is 1.66. The van der Waals surface area contributed by atoms with Crippen LogP contribution in [0.4, 0.5) is 13.2 Å². The van der Waals surface area contributed by atoms with Gasteiger partial charge in [-0.3, -0.25) is 0 Å². The molecule has 0 bridgehead atoms. The lowest BCUT2D eigenvalue weighted by Crippen LogP contribution is -2.05. The van der Waals surface area contributed by atoms with Crippen LogP contribution in [-0.2, 0) is 6.18 Å². The van der Waals surface area contributed by atoms with Gasteiger partial charge in [-0.2, -0.15) is 13.2 Å². The number of hydrogen-bond acceptors (Lipinski definition) is 1. The summed E-state index contributed by atoms with van der Waals surface area (Å²) < 4.78 is 38.1. The van der Waals surface area contributed by atoms with Gasteiger partial charge in [0.2, 0.25) is 0 Å². The third-order valence-corrected chi connectivity index (χ3v) is 3.29. The predicted octanol–water partition coefficient (Wildman–Crippen LogP) is 5.56. The van der Waals surface area contributed by atoms with Gasteiger partial charge in [0.25, 0.3) is 0 Å². The Labute approximate surface area is 103 Å². The second-order valence-corrected chi connectivity index (χ2v) is 4.65. The first-order chi connectivity index (χ1) is 7.89. The zero-order chi connectivity index (χ0) is 13.2. The average Bonchev–Trinajstić information content (AvgIpc) is 2.61. The maximum absolute atomic E-state index is 12.7. The van der Waals surface area contributed by atoms with E-state index in [9.17, 15) is 13.2 Å². The van der Waals surface area contributed by atoms with E-state index in [1.54, 1.807) is 18.4 Å². The monoisotopic (exact) mass is 260 g/mol. The fraction of sp³-hybridized carbons (Fsp3) is 0.385. The average molecular weight is 260 g/mol. The maximum Gasteiger partial charge on any atom is 0.417 e. The Morgan fingerprint density at radius 1 is 1.00 bits per heavy atom. The first-order valence-electron chi connectivity index (χ1n) is 5.45. The molecule has 1 aromatic heterocycles. The molecule has 0 fully saturated rings. The lowest BCUT2D eigenvalue weighted by atomic mass is 10.0. The highest BCUT2D eigenvalue weighted by Crippen LogP contribution is 2.38. The Balaban J connectivity index is 0.000000686. The molecule has 17 heavy (non-hydrogen) atoms. The Morgan fingerprint density at radius 3 is 2.12 bits per heavy atom. The number of fused-ring (bicyclic) bond motifs is 1. The van der Waals surface area contributed by atoms with Crippen LogP contribution in [0.25, 0.3) is 10.8 Å². The molecule has 0 saturated carbocycles. The van der Waals surface area contributed by atoms with Crippen LogP contribution in [-0.4, -0.2) is 0 Å². The van der Waals surface area contributed by atoms with E-state index >= 15 is 0 Å². The van der Waals surface area contributed by atoms with E-state index in [1.807, 2.05) is 20.8 Å². The van der Waals surface area contributed by atoms with Crippen LogP contribution in [0.2, 0.25) is 0 Å². The highest BCUT2D eigenvalue weighted by molar-refractivity contribution is 7.11. The summed E-state index contributed by atoms with van der Waals surface area (Å²) in [6, 6.07) is 3.00. The van der Waals surface area contributed by atoms with Gasteiger partial charge in [0.1, 0.15) is 0 Å². The third-order valence-electron chi connectivity index (χ3n) is 2.36. The molecule has 1 heterocycles. The lowest BCUT2D eigenvalue weighted by Gasteiger charge is -2.09. The molecule has 0 amide bonds. The molecule has 0 spiro atoms. The van der Waals surface area contributed by atoms with E-state index in [1.165, 1.54) is 17.4 Å². The molecule has 0 aliphatic carbocycles. The Morgan fingerprint density at radius 2 is 1.59 bits per heavy atom. The van der Waals surface area contributed by atoms with Crippen LogP contribution in [0.3, 0.4) is 0 Å². The van der Waals surface area contributed by atoms with Gasteiger partial charge in [0, 0.05) is 10.3 Å². The van der Waals surface area contributed by atoms with Crippen LogP contribution < -0.4 is 0 Å². The SMILES string of the molecule is CC.Cc1cc(C(F)(F)F)c2csc(C)c2c1. The standard InChI is InChI=1S/C11H9F3S.C2H6/c1-6-3-8-7(2)15-5-9(8)10(4-6)11(12,13)14;1-2/h3-5H,1-2H3;1-2H3. The molecule has 2 aromatic rings. The van der Waals surface area contributed by atoms with Crippen molar-refractivity contribution in [2.24, 2.45) is 0 Å². The third kappa shape index (κ3) is 2.80.